The van der Waals surface area contributed by atoms with Crippen LogP contribution in [-0.4, -0.2) is 53.9 Å². The molecule has 0 unspecified atom stereocenters. The van der Waals surface area contributed by atoms with Crippen LogP contribution in [0.5, 0.6) is 0 Å². The highest BCUT2D eigenvalue weighted by atomic mass is 32.2. The minimum Gasteiger partial charge on any atom is -0.340 e. The van der Waals surface area contributed by atoms with Gasteiger partial charge in [0.2, 0.25) is 16.0 Å². The lowest BCUT2D eigenvalue weighted by atomic mass is 10.3. The molecule has 2 aromatic heterocycles. The van der Waals surface area contributed by atoms with Gasteiger partial charge < -0.3 is 10.2 Å². The second kappa shape index (κ2) is 9.45. The third-order valence-electron chi connectivity index (χ3n) is 5.38. The van der Waals surface area contributed by atoms with Crippen LogP contribution in [0, 0.1) is 5.82 Å². The van der Waals surface area contributed by atoms with Crippen molar-refractivity contribution in [2.45, 2.75) is 4.90 Å². The van der Waals surface area contributed by atoms with E-state index in [1.807, 2.05) is 10.3 Å². The molecule has 2 aromatic carbocycles. The lowest BCUT2D eigenvalue weighted by Gasteiger charge is -2.34. The molecule has 174 valence electrons. The minimum atomic E-state index is -3.55. The molecule has 4 aromatic rings. The predicted octanol–water partition coefficient (Wildman–Crippen LogP) is 3.99. The predicted molar refractivity (Wildman–Crippen MR) is 130 cm³/mol. The number of rotatable bonds is 6. The maximum absolute atomic E-state index is 13.3. The van der Waals surface area contributed by atoms with E-state index in [-0.39, 0.29) is 10.7 Å². The van der Waals surface area contributed by atoms with Crippen LogP contribution in [0.3, 0.4) is 0 Å². The van der Waals surface area contributed by atoms with E-state index in [1.54, 1.807) is 54.7 Å². The van der Waals surface area contributed by atoms with Crippen LogP contribution >= 0.6 is 11.3 Å². The maximum Gasteiger partial charge on any atom is 0.243 e. The van der Waals surface area contributed by atoms with Crippen LogP contribution in [0.25, 0.3) is 10.7 Å². The Bertz CT molecular complexity index is 1360. The monoisotopic (exact) mass is 496 g/mol. The van der Waals surface area contributed by atoms with Crippen LogP contribution in [0.2, 0.25) is 0 Å². The lowest BCUT2D eigenvalue weighted by Crippen LogP contribution is -2.49. The topological polar surface area (TPSA) is 91.3 Å². The smallest absolute Gasteiger partial charge is 0.243 e. The summed E-state index contributed by atoms with van der Waals surface area (Å²) in [4.78, 5) is 16.0. The summed E-state index contributed by atoms with van der Waals surface area (Å²) < 4.78 is 40.7. The number of anilines is 3. The zero-order valence-corrected chi connectivity index (χ0v) is 19.6. The summed E-state index contributed by atoms with van der Waals surface area (Å²) in [6.07, 6.45) is 1.71. The van der Waals surface area contributed by atoms with Crippen molar-refractivity contribution in [2.75, 3.05) is 36.4 Å². The van der Waals surface area contributed by atoms with Crippen molar-refractivity contribution < 1.29 is 12.8 Å². The molecule has 1 N–H and O–H groups in total. The Labute approximate surface area is 200 Å². The van der Waals surface area contributed by atoms with Gasteiger partial charge in [0, 0.05) is 49.5 Å². The Balaban J connectivity index is 1.39. The van der Waals surface area contributed by atoms with Crippen molar-refractivity contribution in [3.63, 3.8) is 0 Å². The number of benzene rings is 2. The van der Waals surface area contributed by atoms with Crippen molar-refractivity contribution in [3.05, 3.63) is 78.1 Å². The molecule has 0 bridgehead atoms. The fourth-order valence-corrected chi connectivity index (χ4v) is 5.69. The number of sulfonamides is 1. The van der Waals surface area contributed by atoms with Gasteiger partial charge >= 0.3 is 0 Å². The van der Waals surface area contributed by atoms with E-state index in [0.717, 1.165) is 5.01 Å². The summed E-state index contributed by atoms with van der Waals surface area (Å²) in [6, 6.07) is 16.2. The molecule has 0 radical (unpaired) electrons. The lowest BCUT2D eigenvalue weighted by molar-refractivity contribution is 0.382. The number of nitrogens with one attached hydrogen (secondary N) is 1. The van der Waals surface area contributed by atoms with Gasteiger partial charge in [-0.3, -0.25) is 0 Å². The fourth-order valence-electron chi connectivity index (χ4n) is 3.65. The first-order chi connectivity index (χ1) is 16.5. The first kappa shape index (κ1) is 22.4. The largest absolute Gasteiger partial charge is 0.340 e. The Kier molecular flexibility index (Phi) is 6.22. The van der Waals surface area contributed by atoms with Crippen molar-refractivity contribution in [1.29, 1.82) is 0 Å². The van der Waals surface area contributed by atoms with Crippen molar-refractivity contribution >= 4 is 38.8 Å². The maximum atomic E-state index is 13.3. The number of hydrogen-bond acceptors (Lipinski definition) is 8. The zero-order chi connectivity index (χ0) is 23.5. The molecule has 0 aliphatic carbocycles. The molecule has 0 amide bonds. The molecule has 3 heterocycles. The third-order valence-corrected chi connectivity index (χ3v) is 8.09. The molecule has 8 nitrogen and oxygen atoms in total. The van der Waals surface area contributed by atoms with E-state index < -0.39 is 10.0 Å². The summed E-state index contributed by atoms with van der Waals surface area (Å²) in [5, 5.41) is 5.81. The van der Waals surface area contributed by atoms with E-state index in [0.29, 0.717) is 49.3 Å². The van der Waals surface area contributed by atoms with Gasteiger partial charge in [-0.1, -0.05) is 18.2 Å². The van der Waals surface area contributed by atoms with Gasteiger partial charge in [-0.2, -0.15) is 9.29 Å². The van der Waals surface area contributed by atoms with Crippen LogP contribution in [0.15, 0.2) is 77.1 Å². The highest BCUT2D eigenvalue weighted by Gasteiger charge is 2.29. The van der Waals surface area contributed by atoms with Gasteiger partial charge in [0.25, 0.3) is 0 Å². The van der Waals surface area contributed by atoms with Crippen LogP contribution in [-0.2, 0) is 10.0 Å². The molecule has 1 fully saturated rings. The van der Waals surface area contributed by atoms with E-state index in [4.69, 9.17) is 4.98 Å². The first-order valence-corrected chi connectivity index (χ1v) is 12.9. The summed E-state index contributed by atoms with van der Waals surface area (Å²) in [6.45, 7) is 1.54. The van der Waals surface area contributed by atoms with Gasteiger partial charge in [0.1, 0.15) is 22.3 Å². The molecule has 0 spiro atoms. The standard InChI is InChI=1S/C23H21FN6O2S2/c24-17-6-8-18(9-7-17)26-21-16-20(22-25-10-15-33-22)27-23(28-21)29-11-13-30(14-12-29)34(31,32)19-4-2-1-3-5-19/h1-10,15-16H,11-14H2,(H,26,27,28). The summed E-state index contributed by atoms with van der Waals surface area (Å²) in [5.41, 5.74) is 1.35. The fraction of sp³-hybridized carbons (Fsp3) is 0.174. The van der Waals surface area contributed by atoms with Crippen molar-refractivity contribution in [3.8, 4) is 10.7 Å². The van der Waals surface area contributed by atoms with Gasteiger partial charge in [-0.25, -0.2) is 22.8 Å². The minimum absolute atomic E-state index is 0.288. The molecule has 11 heteroatoms. The average molecular weight is 497 g/mol. The van der Waals surface area contributed by atoms with Gasteiger partial charge in [0.05, 0.1) is 4.90 Å². The van der Waals surface area contributed by atoms with E-state index in [9.17, 15) is 12.8 Å². The molecular formula is C23H21FN6O2S2. The molecule has 0 saturated carbocycles. The Morgan fingerprint density at radius 1 is 0.941 bits per heavy atom. The normalized spacial score (nSPS) is 14.8. The summed E-state index contributed by atoms with van der Waals surface area (Å²) >= 11 is 1.46. The average Bonchev–Trinajstić information content (AvgIpc) is 3.41. The number of hydrogen-bond donors (Lipinski definition) is 1. The number of halogens is 1. The summed E-state index contributed by atoms with van der Waals surface area (Å²) in [7, 11) is -3.55. The van der Waals surface area contributed by atoms with E-state index in [1.165, 1.54) is 27.8 Å². The quantitative estimate of drug-likeness (QED) is 0.432. The first-order valence-electron chi connectivity index (χ1n) is 10.6. The van der Waals surface area contributed by atoms with Crippen LogP contribution in [0.1, 0.15) is 0 Å². The van der Waals surface area contributed by atoms with Gasteiger partial charge in [-0.15, -0.1) is 11.3 Å². The van der Waals surface area contributed by atoms with Crippen molar-refractivity contribution in [1.82, 2.24) is 19.3 Å². The second-order valence-corrected chi connectivity index (χ2v) is 10.4. The molecule has 1 aliphatic heterocycles. The van der Waals surface area contributed by atoms with Gasteiger partial charge in [0.15, 0.2) is 0 Å². The van der Waals surface area contributed by atoms with Crippen LogP contribution < -0.4 is 10.2 Å². The SMILES string of the molecule is O=S(=O)(c1ccccc1)N1CCN(c2nc(Nc3ccc(F)cc3)cc(-c3nccs3)n2)CC1. The highest BCUT2D eigenvalue weighted by molar-refractivity contribution is 7.89. The Morgan fingerprint density at radius 2 is 1.68 bits per heavy atom. The summed E-state index contributed by atoms with van der Waals surface area (Å²) in [5.74, 6) is 0.705. The Morgan fingerprint density at radius 3 is 2.35 bits per heavy atom. The third kappa shape index (κ3) is 4.76. The number of thiazole rings is 1. The molecule has 1 aliphatic rings. The number of piperazine rings is 1. The highest BCUT2D eigenvalue weighted by Crippen LogP contribution is 2.27. The molecule has 1 saturated heterocycles. The zero-order valence-electron chi connectivity index (χ0n) is 18.0. The second-order valence-electron chi connectivity index (χ2n) is 7.61. The number of aromatic nitrogens is 3. The van der Waals surface area contributed by atoms with E-state index in [2.05, 4.69) is 15.3 Å². The molecule has 0 atom stereocenters. The molecule has 5 rings (SSSR count). The molecular weight excluding hydrogens is 475 g/mol. The Hall–Kier alpha value is -3.41. The van der Waals surface area contributed by atoms with Gasteiger partial charge in [-0.05, 0) is 36.4 Å². The van der Waals surface area contributed by atoms with E-state index >= 15 is 0 Å². The number of nitrogens with zero attached hydrogens (tertiary/aromatic N) is 5. The van der Waals surface area contributed by atoms with Crippen LogP contribution in [0.4, 0.5) is 21.8 Å². The van der Waals surface area contributed by atoms with Crippen molar-refractivity contribution in [2.24, 2.45) is 0 Å². The molecule has 34 heavy (non-hydrogen) atoms.